The van der Waals surface area contributed by atoms with Crippen LogP contribution in [0.2, 0.25) is 0 Å². The minimum atomic E-state index is -0.0748. The van der Waals surface area contributed by atoms with Gasteiger partial charge in [0.15, 0.2) is 0 Å². The van der Waals surface area contributed by atoms with Gasteiger partial charge in [-0.25, -0.2) is 9.97 Å². The van der Waals surface area contributed by atoms with Crippen LogP contribution in [0.4, 0.5) is 0 Å². The van der Waals surface area contributed by atoms with Crippen LogP contribution in [0.15, 0.2) is 42.6 Å². The summed E-state index contributed by atoms with van der Waals surface area (Å²) >= 11 is 0. The van der Waals surface area contributed by atoms with Gasteiger partial charge >= 0.3 is 0 Å². The zero-order valence-electron chi connectivity index (χ0n) is 13.8. The molecule has 5 heteroatoms. The number of hydrogen-bond acceptors (Lipinski definition) is 4. The number of rotatable bonds is 3. The monoisotopic (exact) mass is 323 g/mol. The van der Waals surface area contributed by atoms with Crippen LogP contribution in [0.1, 0.15) is 53.6 Å². The van der Waals surface area contributed by atoms with Crippen LogP contribution in [-0.4, -0.2) is 40.0 Å². The van der Waals surface area contributed by atoms with E-state index in [1.54, 1.807) is 12.3 Å². The van der Waals surface area contributed by atoms with E-state index in [0.717, 1.165) is 24.2 Å². The van der Waals surface area contributed by atoms with Crippen LogP contribution >= 0.6 is 0 Å². The van der Waals surface area contributed by atoms with Gasteiger partial charge in [-0.1, -0.05) is 30.3 Å². The number of aromatic nitrogens is 2. The van der Waals surface area contributed by atoms with Gasteiger partial charge in [0.25, 0.3) is 5.91 Å². The van der Waals surface area contributed by atoms with Crippen molar-refractivity contribution in [2.24, 2.45) is 0 Å². The highest BCUT2D eigenvalue weighted by Gasteiger charge is 2.34. The predicted molar refractivity (Wildman–Crippen MR) is 89.6 cm³/mol. The van der Waals surface area contributed by atoms with Gasteiger partial charge < -0.3 is 9.64 Å². The summed E-state index contributed by atoms with van der Waals surface area (Å²) in [5, 5.41) is 0. The van der Waals surface area contributed by atoms with Crippen LogP contribution < -0.4 is 0 Å². The fourth-order valence-corrected chi connectivity index (χ4v) is 3.16. The van der Waals surface area contributed by atoms with Crippen molar-refractivity contribution in [3.05, 3.63) is 59.7 Å². The molecule has 1 saturated carbocycles. The van der Waals surface area contributed by atoms with Crippen LogP contribution in [0.5, 0.6) is 0 Å². The summed E-state index contributed by atoms with van der Waals surface area (Å²) in [5.74, 6) is 1.20. The van der Waals surface area contributed by atoms with E-state index >= 15 is 0 Å². The second kappa shape index (κ2) is 6.32. The van der Waals surface area contributed by atoms with Crippen LogP contribution in [0, 0.1) is 0 Å². The number of benzene rings is 1. The van der Waals surface area contributed by atoms with Crippen LogP contribution in [-0.2, 0) is 4.74 Å². The summed E-state index contributed by atoms with van der Waals surface area (Å²) in [6, 6.07) is 11.7. The molecule has 5 nitrogen and oxygen atoms in total. The Kier molecular flexibility index (Phi) is 4.02. The summed E-state index contributed by atoms with van der Waals surface area (Å²) in [4.78, 5) is 23.8. The quantitative estimate of drug-likeness (QED) is 0.871. The Morgan fingerprint density at radius 1 is 1.21 bits per heavy atom. The topological polar surface area (TPSA) is 55.3 Å². The third-order valence-electron chi connectivity index (χ3n) is 4.65. The zero-order valence-corrected chi connectivity index (χ0v) is 13.8. The lowest BCUT2D eigenvalue weighted by molar-refractivity contribution is -0.0449. The summed E-state index contributed by atoms with van der Waals surface area (Å²) < 4.78 is 5.81. The molecule has 24 heavy (non-hydrogen) atoms. The number of nitrogens with zero attached hydrogens (tertiary/aromatic N) is 3. The predicted octanol–water partition coefficient (Wildman–Crippen LogP) is 2.96. The van der Waals surface area contributed by atoms with Crippen molar-refractivity contribution in [3.8, 4) is 0 Å². The zero-order chi connectivity index (χ0) is 16.5. The van der Waals surface area contributed by atoms with Crippen molar-refractivity contribution < 1.29 is 9.53 Å². The lowest BCUT2D eigenvalue weighted by Crippen LogP contribution is -2.47. The number of carbonyl (C=O) groups is 1. The molecule has 0 N–H and O–H groups in total. The Balaban J connectivity index is 1.63. The average Bonchev–Trinajstić information content (AvgIpc) is 3.47. The lowest BCUT2D eigenvalue weighted by atomic mass is 10.0. The van der Waals surface area contributed by atoms with E-state index in [1.165, 1.54) is 0 Å². The summed E-state index contributed by atoms with van der Waals surface area (Å²) in [6.45, 7) is 3.08. The van der Waals surface area contributed by atoms with Crippen molar-refractivity contribution in [1.29, 1.82) is 0 Å². The average molecular weight is 323 g/mol. The highest BCUT2D eigenvalue weighted by atomic mass is 16.5. The standard InChI is InChI=1S/C19H21N3O2/c1-13-11-22(17(12-24-13)14-5-3-2-4-6-14)19(23)16-9-10-20-18(21-16)15-7-8-15/h2-6,9-10,13,15,17H,7-8,11-12H2,1H3. The van der Waals surface area contributed by atoms with Gasteiger partial charge in [0.05, 0.1) is 18.8 Å². The van der Waals surface area contributed by atoms with Gasteiger partial charge in [-0.2, -0.15) is 0 Å². The molecule has 1 aromatic heterocycles. The van der Waals surface area contributed by atoms with Gasteiger partial charge in [0.2, 0.25) is 0 Å². The molecule has 2 aliphatic rings. The Labute approximate surface area is 141 Å². The minimum absolute atomic E-state index is 0.0265. The Bertz CT molecular complexity index is 730. The molecule has 2 atom stereocenters. The van der Waals surface area contributed by atoms with E-state index in [0.29, 0.717) is 24.8 Å². The molecule has 4 rings (SSSR count). The summed E-state index contributed by atoms with van der Waals surface area (Å²) in [6.07, 6.45) is 3.98. The highest BCUT2D eigenvalue weighted by molar-refractivity contribution is 5.92. The first-order chi connectivity index (χ1) is 11.7. The van der Waals surface area contributed by atoms with Gasteiger partial charge in [0.1, 0.15) is 11.5 Å². The second-order valence-corrected chi connectivity index (χ2v) is 6.60. The first-order valence-corrected chi connectivity index (χ1v) is 8.53. The minimum Gasteiger partial charge on any atom is -0.374 e. The van der Waals surface area contributed by atoms with Crippen LogP contribution in [0.25, 0.3) is 0 Å². The van der Waals surface area contributed by atoms with E-state index in [-0.39, 0.29) is 18.1 Å². The Morgan fingerprint density at radius 3 is 2.75 bits per heavy atom. The number of morpholine rings is 1. The summed E-state index contributed by atoms with van der Waals surface area (Å²) in [5.41, 5.74) is 1.58. The molecule has 2 fully saturated rings. The van der Waals surface area contributed by atoms with Crippen molar-refractivity contribution in [3.63, 3.8) is 0 Å². The molecule has 2 aromatic rings. The molecule has 1 aliphatic carbocycles. The number of ether oxygens (including phenoxy) is 1. The van der Waals surface area contributed by atoms with E-state index in [1.807, 2.05) is 42.2 Å². The fraction of sp³-hybridized carbons (Fsp3) is 0.421. The molecule has 1 saturated heterocycles. The van der Waals surface area contributed by atoms with E-state index < -0.39 is 0 Å². The Morgan fingerprint density at radius 2 is 2.00 bits per heavy atom. The van der Waals surface area contributed by atoms with Crippen molar-refractivity contribution >= 4 is 5.91 Å². The van der Waals surface area contributed by atoms with Gasteiger partial charge in [-0.3, -0.25) is 4.79 Å². The first kappa shape index (κ1) is 15.3. The Hall–Kier alpha value is -2.27. The largest absolute Gasteiger partial charge is 0.374 e. The van der Waals surface area contributed by atoms with E-state index in [4.69, 9.17) is 4.74 Å². The third kappa shape index (κ3) is 3.04. The molecule has 0 radical (unpaired) electrons. The highest BCUT2D eigenvalue weighted by Crippen LogP contribution is 2.38. The summed E-state index contributed by atoms with van der Waals surface area (Å²) in [7, 11) is 0. The first-order valence-electron chi connectivity index (χ1n) is 8.53. The second-order valence-electron chi connectivity index (χ2n) is 6.60. The molecule has 1 aliphatic heterocycles. The van der Waals surface area contributed by atoms with Crippen LogP contribution in [0.3, 0.4) is 0 Å². The molecule has 1 aromatic carbocycles. The molecule has 0 bridgehead atoms. The SMILES string of the molecule is CC1CN(C(=O)c2ccnc(C3CC3)n2)C(c2ccccc2)CO1. The fourth-order valence-electron chi connectivity index (χ4n) is 3.16. The molecular formula is C19H21N3O2. The van der Waals surface area contributed by atoms with Gasteiger partial charge in [-0.15, -0.1) is 0 Å². The lowest BCUT2D eigenvalue weighted by Gasteiger charge is -2.38. The third-order valence-corrected chi connectivity index (χ3v) is 4.65. The van der Waals surface area contributed by atoms with E-state index in [2.05, 4.69) is 9.97 Å². The maximum Gasteiger partial charge on any atom is 0.273 e. The molecule has 1 amide bonds. The molecule has 124 valence electrons. The molecular weight excluding hydrogens is 302 g/mol. The van der Waals surface area contributed by atoms with E-state index in [9.17, 15) is 4.79 Å². The molecule has 2 heterocycles. The number of hydrogen-bond donors (Lipinski definition) is 0. The molecule has 2 unspecified atom stereocenters. The number of carbonyl (C=O) groups excluding carboxylic acids is 1. The smallest absolute Gasteiger partial charge is 0.273 e. The maximum absolute atomic E-state index is 13.1. The maximum atomic E-state index is 13.1. The molecule has 0 spiro atoms. The van der Waals surface area contributed by atoms with Crippen molar-refractivity contribution in [1.82, 2.24) is 14.9 Å². The normalized spacial score (nSPS) is 24.0. The van der Waals surface area contributed by atoms with Gasteiger partial charge in [-0.05, 0) is 31.4 Å². The van der Waals surface area contributed by atoms with Crippen molar-refractivity contribution in [2.45, 2.75) is 37.8 Å². The van der Waals surface area contributed by atoms with Crippen molar-refractivity contribution in [2.75, 3.05) is 13.2 Å². The number of amides is 1. The van der Waals surface area contributed by atoms with Gasteiger partial charge in [0, 0.05) is 18.7 Å².